The molecule has 5 nitrogen and oxygen atoms in total. The van der Waals surface area contributed by atoms with Gasteiger partial charge in [-0.25, -0.2) is 9.37 Å². The number of rotatable bonds is 4. The van der Waals surface area contributed by atoms with Crippen molar-refractivity contribution in [2.24, 2.45) is 0 Å². The van der Waals surface area contributed by atoms with Crippen LogP contribution in [0, 0.1) is 12.7 Å². The molecule has 0 N–H and O–H groups in total. The number of halogens is 1. The number of fused-ring (bicyclic) bond motifs is 1. The molecule has 6 heteroatoms. The van der Waals surface area contributed by atoms with Crippen LogP contribution in [0.3, 0.4) is 0 Å². The van der Waals surface area contributed by atoms with Gasteiger partial charge in [0.2, 0.25) is 5.91 Å². The highest BCUT2D eigenvalue weighted by molar-refractivity contribution is 5.79. The van der Waals surface area contributed by atoms with Crippen LogP contribution in [0.15, 0.2) is 53.6 Å². The Morgan fingerprint density at radius 1 is 1.23 bits per heavy atom. The van der Waals surface area contributed by atoms with Crippen LogP contribution in [0.2, 0.25) is 0 Å². The quantitative estimate of drug-likeness (QED) is 0.724. The summed E-state index contributed by atoms with van der Waals surface area (Å²) in [5, 5.41) is 0.495. The Hall–Kier alpha value is -3.02. The van der Waals surface area contributed by atoms with Gasteiger partial charge in [-0.1, -0.05) is 23.8 Å². The number of benzene rings is 2. The summed E-state index contributed by atoms with van der Waals surface area (Å²) in [5.41, 5.74) is 2.15. The molecule has 134 valence electrons. The summed E-state index contributed by atoms with van der Waals surface area (Å²) in [6.45, 7) is 3.66. The zero-order valence-corrected chi connectivity index (χ0v) is 14.9. The summed E-state index contributed by atoms with van der Waals surface area (Å²) in [5.74, 6) is -0.545. The third-order valence-electron chi connectivity index (χ3n) is 4.61. The smallest absolute Gasteiger partial charge is 0.261 e. The molecule has 2 aromatic carbocycles. The number of nitrogens with zero attached hydrogens (tertiary/aromatic N) is 3. The average molecular weight is 353 g/mol. The van der Waals surface area contributed by atoms with Crippen LogP contribution in [0.25, 0.3) is 10.9 Å². The third-order valence-corrected chi connectivity index (χ3v) is 4.61. The van der Waals surface area contributed by atoms with Gasteiger partial charge in [-0.2, -0.15) is 0 Å². The van der Waals surface area contributed by atoms with E-state index in [2.05, 4.69) is 4.98 Å². The first kappa shape index (κ1) is 17.8. The number of carbonyl (C=O) groups is 1. The minimum atomic E-state index is -0.320. The van der Waals surface area contributed by atoms with E-state index < -0.39 is 0 Å². The second kappa shape index (κ2) is 7.07. The largest absolute Gasteiger partial charge is 0.337 e. The molecule has 0 radical (unpaired) electrons. The Labute approximate surface area is 150 Å². The molecule has 0 saturated carbocycles. The van der Waals surface area contributed by atoms with Crippen LogP contribution in [0.5, 0.6) is 0 Å². The highest BCUT2D eigenvalue weighted by Crippen LogP contribution is 2.19. The van der Waals surface area contributed by atoms with E-state index >= 15 is 0 Å². The Morgan fingerprint density at radius 2 is 1.92 bits per heavy atom. The Bertz CT molecular complexity index is 1010. The van der Waals surface area contributed by atoms with Crippen molar-refractivity contribution >= 4 is 16.8 Å². The number of likely N-dealkylation sites (N-methyl/N-ethyl adjacent to an activating group) is 1. The van der Waals surface area contributed by atoms with Crippen molar-refractivity contribution < 1.29 is 9.18 Å². The summed E-state index contributed by atoms with van der Waals surface area (Å²) >= 11 is 0. The fourth-order valence-corrected chi connectivity index (χ4v) is 2.82. The Morgan fingerprint density at radius 3 is 2.62 bits per heavy atom. The lowest BCUT2D eigenvalue weighted by atomic mass is 10.1. The number of hydrogen-bond acceptors (Lipinski definition) is 3. The average Bonchev–Trinajstić information content (AvgIpc) is 2.63. The third kappa shape index (κ3) is 3.49. The number of amides is 1. The van der Waals surface area contributed by atoms with E-state index in [9.17, 15) is 14.0 Å². The molecular weight excluding hydrogens is 333 g/mol. The normalized spacial score (nSPS) is 12.2. The van der Waals surface area contributed by atoms with E-state index in [1.54, 1.807) is 36.2 Å². The molecule has 3 rings (SSSR count). The van der Waals surface area contributed by atoms with Gasteiger partial charge in [0.15, 0.2) is 0 Å². The summed E-state index contributed by atoms with van der Waals surface area (Å²) in [6, 6.07) is 11.2. The van der Waals surface area contributed by atoms with Crippen molar-refractivity contribution in [3.63, 3.8) is 0 Å². The minimum absolute atomic E-state index is 0.0995. The first-order chi connectivity index (χ1) is 12.4. The molecule has 0 fully saturated rings. The fraction of sp³-hybridized carbons (Fsp3) is 0.250. The van der Waals surface area contributed by atoms with Crippen molar-refractivity contribution in [2.75, 3.05) is 7.05 Å². The first-order valence-electron chi connectivity index (χ1n) is 8.34. The molecule has 1 atom stereocenters. The summed E-state index contributed by atoms with van der Waals surface area (Å²) < 4.78 is 14.4. The van der Waals surface area contributed by atoms with Crippen molar-refractivity contribution in [3.8, 4) is 0 Å². The second-order valence-electron chi connectivity index (χ2n) is 6.43. The molecule has 0 aliphatic heterocycles. The lowest BCUT2D eigenvalue weighted by Crippen LogP contribution is -2.35. The Kier molecular flexibility index (Phi) is 4.84. The summed E-state index contributed by atoms with van der Waals surface area (Å²) in [4.78, 5) is 31.0. The number of aromatic nitrogens is 2. The maximum absolute atomic E-state index is 13.1. The van der Waals surface area contributed by atoms with Gasteiger partial charge in [0.25, 0.3) is 5.56 Å². The number of aryl methyl sites for hydroxylation is 1. The van der Waals surface area contributed by atoms with Gasteiger partial charge in [0.1, 0.15) is 12.4 Å². The molecule has 0 unspecified atom stereocenters. The fourth-order valence-electron chi connectivity index (χ4n) is 2.82. The lowest BCUT2D eigenvalue weighted by molar-refractivity contribution is -0.132. The van der Waals surface area contributed by atoms with Gasteiger partial charge in [0.05, 0.1) is 23.3 Å². The van der Waals surface area contributed by atoms with Crippen LogP contribution in [0.1, 0.15) is 24.1 Å². The van der Waals surface area contributed by atoms with Gasteiger partial charge in [-0.05, 0) is 43.7 Å². The number of hydrogen-bond donors (Lipinski definition) is 0. The van der Waals surface area contributed by atoms with Crippen LogP contribution in [0.4, 0.5) is 4.39 Å². The zero-order chi connectivity index (χ0) is 18.8. The topological polar surface area (TPSA) is 55.2 Å². The van der Waals surface area contributed by atoms with Crippen LogP contribution in [-0.4, -0.2) is 27.4 Å². The molecule has 1 amide bonds. The lowest BCUT2D eigenvalue weighted by Gasteiger charge is -2.25. The zero-order valence-electron chi connectivity index (χ0n) is 14.9. The molecule has 0 aliphatic rings. The van der Waals surface area contributed by atoms with Gasteiger partial charge < -0.3 is 4.90 Å². The predicted molar refractivity (Wildman–Crippen MR) is 98.3 cm³/mol. The molecule has 0 bridgehead atoms. The highest BCUT2D eigenvalue weighted by Gasteiger charge is 2.18. The standard InChI is InChI=1S/C20H20FN3O2/c1-13-4-9-18-17(10-13)20(26)24(12-22-18)11-19(25)23(3)14(2)15-5-7-16(21)8-6-15/h4-10,12,14H,11H2,1-3H3/t14-/m1/s1. The maximum Gasteiger partial charge on any atom is 0.261 e. The number of carbonyl (C=O) groups excluding carboxylic acids is 1. The van der Waals surface area contributed by atoms with Gasteiger partial charge in [-0.15, -0.1) is 0 Å². The highest BCUT2D eigenvalue weighted by atomic mass is 19.1. The van der Waals surface area contributed by atoms with E-state index in [1.165, 1.54) is 23.0 Å². The van der Waals surface area contributed by atoms with Crippen LogP contribution < -0.4 is 5.56 Å². The summed E-state index contributed by atoms with van der Waals surface area (Å²) in [7, 11) is 1.67. The van der Waals surface area contributed by atoms with Crippen molar-refractivity contribution in [3.05, 3.63) is 76.1 Å². The SMILES string of the molecule is Cc1ccc2ncn(CC(=O)N(C)[C@H](C)c3ccc(F)cc3)c(=O)c2c1. The van der Waals surface area contributed by atoms with Crippen molar-refractivity contribution in [2.45, 2.75) is 26.4 Å². The van der Waals surface area contributed by atoms with Gasteiger partial charge >= 0.3 is 0 Å². The molecular formula is C20H20FN3O2. The van der Waals surface area contributed by atoms with Crippen molar-refractivity contribution in [1.82, 2.24) is 14.5 Å². The molecule has 0 aliphatic carbocycles. The van der Waals surface area contributed by atoms with E-state index in [0.29, 0.717) is 10.9 Å². The molecule has 0 saturated heterocycles. The molecule has 3 aromatic rings. The van der Waals surface area contributed by atoms with Gasteiger partial charge in [0, 0.05) is 7.05 Å². The van der Waals surface area contributed by atoms with Gasteiger partial charge in [-0.3, -0.25) is 14.2 Å². The second-order valence-corrected chi connectivity index (χ2v) is 6.43. The minimum Gasteiger partial charge on any atom is -0.337 e. The van der Waals surface area contributed by atoms with E-state index in [-0.39, 0.29) is 29.9 Å². The van der Waals surface area contributed by atoms with E-state index in [1.807, 2.05) is 19.9 Å². The molecule has 1 aromatic heterocycles. The predicted octanol–water partition coefficient (Wildman–Crippen LogP) is 3.06. The monoisotopic (exact) mass is 353 g/mol. The molecule has 26 heavy (non-hydrogen) atoms. The summed E-state index contributed by atoms with van der Waals surface area (Å²) in [6.07, 6.45) is 1.40. The molecule has 1 heterocycles. The van der Waals surface area contributed by atoms with Crippen molar-refractivity contribution in [1.29, 1.82) is 0 Å². The van der Waals surface area contributed by atoms with Crippen LogP contribution >= 0.6 is 0 Å². The Balaban J connectivity index is 1.83. The first-order valence-corrected chi connectivity index (χ1v) is 8.34. The van der Waals surface area contributed by atoms with E-state index in [0.717, 1.165) is 11.1 Å². The van der Waals surface area contributed by atoms with Crippen LogP contribution in [-0.2, 0) is 11.3 Å². The molecule has 0 spiro atoms. The van der Waals surface area contributed by atoms with E-state index in [4.69, 9.17) is 0 Å². The maximum atomic E-state index is 13.1.